The maximum atomic E-state index is 13.3. The molecule has 1 aromatic heterocycles. The first-order valence-electron chi connectivity index (χ1n) is 10.3. The van der Waals surface area contributed by atoms with Crippen molar-refractivity contribution in [2.75, 3.05) is 4.90 Å². The molecule has 6 nitrogen and oxygen atoms in total. The van der Waals surface area contributed by atoms with Crippen LogP contribution in [0.25, 0.3) is 11.8 Å². The third-order valence-corrected chi connectivity index (χ3v) is 5.56. The maximum absolute atomic E-state index is 13.3. The molecule has 3 aromatic rings. The van der Waals surface area contributed by atoms with E-state index in [1.807, 2.05) is 43.5 Å². The number of rotatable bonds is 4. The number of nitrogens with one attached hydrogen (secondary N) is 1. The number of amides is 4. The molecule has 0 spiro atoms. The number of carbonyl (C=O) groups is 3. The summed E-state index contributed by atoms with van der Waals surface area (Å²) in [6.45, 7) is 5.74. The van der Waals surface area contributed by atoms with Crippen LogP contribution in [0.1, 0.15) is 29.4 Å². The standard InChI is InChI=1S/C25H22FN3O3/c1-4-17-5-9-21(10-6-17)29-24(31)22(23(30)27-25(29)32)14-18-13-15(2)28(16(18)3)20-11-7-19(26)8-12-20/h5-14H,4H2,1-3H3,(H,27,30,32)/b22-14+. The van der Waals surface area contributed by atoms with Crippen molar-refractivity contribution in [1.82, 2.24) is 9.88 Å². The monoisotopic (exact) mass is 431 g/mol. The van der Waals surface area contributed by atoms with Gasteiger partial charge in [0.05, 0.1) is 5.69 Å². The Kier molecular flexibility index (Phi) is 5.48. The lowest BCUT2D eigenvalue weighted by molar-refractivity contribution is -0.122. The molecule has 32 heavy (non-hydrogen) atoms. The summed E-state index contributed by atoms with van der Waals surface area (Å²) in [5.74, 6) is -1.76. The van der Waals surface area contributed by atoms with Gasteiger partial charge in [-0.15, -0.1) is 0 Å². The van der Waals surface area contributed by atoms with Gasteiger partial charge in [-0.2, -0.15) is 0 Å². The average Bonchev–Trinajstić information content (AvgIpc) is 3.05. The van der Waals surface area contributed by atoms with Crippen LogP contribution in [-0.2, 0) is 16.0 Å². The van der Waals surface area contributed by atoms with E-state index in [9.17, 15) is 18.8 Å². The molecule has 2 heterocycles. The van der Waals surface area contributed by atoms with Crippen LogP contribution >= 0.6 is 0 Å². The number of urea groups is 1. The normalized spacial score (nSPS) is 15.4. The van der Waals surface area contributed by atoms with Gasteiger partial charge in [0, 0.05) is 17.1 Å². The van der Waals surface area contributed by atoms with Crippen molar-refractivity contribution >= 4 is 29.6 Å². The zero-order chi connectivity index (χ0) is 23.0. The van der Waals surface area contributed by atoms with E-state index in [1.54, 1.807) is 24.3 Å². The number of hydrogen-bond acceptors (Lipinski definition) is 3. The lowest BCUT2D eigenvalue weighted by Crippen LogP contribution is -2.54. The number of halogens is 1. The first-order chi connectivity index (χ1) is 15.3. The zero-order valence-electron chi connectivity index (χ0n) is 18.0. The molecule has 0 aliphatic carbocycles. The molecule has 0 radical (unpaired) electrons. The number of benzene rings is 2. The van der Waals surface area contributed by atoms with E-state index in [-0.39, 0.29) is 11.4 Å². The summed E-state index contributed by atoms with van der Waals surface area (Å²) in [4.78, 5) is 39.0. The van der Waals surface area contributed by atoms with Gasteiger partial charge in [-0.3, -0.25) is 14.9 Å². The van der Waals surface area contributed by atoms with Crippen molar-refractivity contribution in [3.63, 3.8) is 0 Å². The van der Waals surface area contributed by atoms with Gasteiger partial charge in [-0.1, -0.05) is 19.1 Å². The minimum absolute atomic E-state index is 0.136. The Morgan fingerprint density at radius 2 is 1.56 bits per heavy atom. The quantitative estimate of drug-likeness (QED) is 0.490. The highest BCUT2D eigenvalue weighted by Gasteiger charge is 2.37. The second-order valence-electron chi connectivity index (χ2n) is 7.62. The van der Waals surface area contributed by atoms with Crippen LogP contribution in [0.4, 0.5) is 14.9 Å². The van der Waals surface area contributed by atoms with Crippen LogP contribution in [0.5, 0.6) is 0 Å². The maximum Gasteiger partial charge on any atom is 0.335 e. The molecular weight excluding hydrogens is 409 g/mol. The molecular formula is C25H22FN3O3. The fourth-order valence-electron chi connectivity index (χ4n) is 3.85. The highest BCUT2D eigenvalue weighted by atomic mass is 19.1. The number of barbiturate groups is 1. The van der Waals surface area contributed by atoms with Gasteiger partial charge in [-0.05, 0) is 79.9 Å². The first kappa shape index (κ1) is 21.2. The van der Waals surface area contributed by atoms with Crippen LogP contribution in [-0.4, -0.2) is 22.4 Å². The zero-order valence-corrected chi connectivity index (χ0v) is 18.0. The summed E-state index contributed by atoms with van der Waals surface area (Å²) in [7, 11) is 0. The van der Waals surface area contributed by atoms with Gasteiger partial charge in [0.1, 0.15) is 11.4 Å². The summed E-state index contributed by atoms with van der Waals surface area (Å²) in [6, 6.07) is 14.2. The Morgan fingerprint density at radius 1 is 0.938 bits per heavy atom. The van der Waals surface area contributed by atoms with Gasteiger partial charge >= 0.3 is 6.03 Å². The molecule has 1 aliphatic rings. The highest BCUT2D eigenvalue weighted by Crippen LogP contribution is 2.26. The van der Waals surface area contributed by atoms with Crippen LogP contribution in [0.15, 0.2) is 60.2 Å². The molecule has 7 heteroatoms. The molecule has 0 saturated carbocycles. The average molecular weight is 431 g/mol. The van der Waals surface area contributed by atoms with Crippen LogP contribution < -0.4 is 10.2 Å². The second-order valence-corrected chi connectivity index (χ2v) is 7.62. The Bertz CT molecular complexity index is 1250. The SMILES string of the molecule is CCc1ccc(N2C(=O)NC(=O)/C(=C\c3cc(C)n(-c4ccc(F)cc4)c3C)C2=O)cc1. The molecule has 2 aromatic carbocycles. The number of aryl methyl sites for hydroxylation is 2. The highest BCUT2D eigenvalue weighted by molar-refractivity contribution is 6.39. The lowest BCUT2D eigenvalue weighted by Gasteiger charge is -2.26. The fourth-order valence-corrected chi connectivity index (χ4v) is 3.85. The predicted octanol–water partition coefficient (Wildman–Crippen LogP) is 4.46. The summed E-state index contributed by atoms with van der Waals surface area (Å²) < 4.78 is 15.2. The van der Waals surface area contributed by atoms with Crippen LogP contribution in [0, 0.1) is 19.7 Å². The van der Waals surface area contributed by atoms with Crippen molar-refractivity contribution in [1.29, 1.82) is 0 Å². The van der Waals surface area contributed by atoms with Gasteiger partial charge in [-0.25, -0.2) is 14.1 Å². The molecule has 1 aliphatic heterocycles. The molecule has 4 rings (SSSR count). The smallest absolute Gasteiger partial charge is 0.318 e. The van der Waals surface area contributed by atoms with E-state index in [0.717, 1.165) is 34.0 Å². The molecule has 0 atom stereocenters. The summed E-state index contributed by atoms with van der Waals surface area (Å²) in [5, 5.41) is 2.25. The lowest BCUT2D eigenvalue weighted by atomic mass is 10.1. The number of hydrogen-bond donors (Lipinski definition) is 1. The van der Waals surface area contributed by atoms with E-state index >= 15 is 0 Å². The number of anilines is 1. The molecule has 1 N–H and O–H groups in total. The van der Waals surface area contributed by atoms with Crippen molar-refractivity contribution in [3.8, 4) is 5.69 Å². The Balaban J connectivity index is 1.73. The Hall–Kier alpha value is -4.00. The summed E-state index contributed by atoms with van der Waals surface area (Å²) >= 11 is 0. The fraction of sp³-hybridized carbons (Fsp3) is 0.160. The van der Waals surface area contributed by atoms with Crippen molar-refractivity contribution in [2.24, 2.45) is 0 Å². The van der Waals surface area contributed by atoms with Gasteiger partial charge in [0.25, 0.3) is 11.8 Å². The molecule has 0 bridgehead atoms. The van der Waals surface area contributed by atoms with Gasteiger partial charge < -0.3 is 4.57 Å². The third kappa shape index (κ3) is 3.73. The number of imide groups is 2. The minimum atomic E-state index is -0.779. The Morgan fingerprint density at radius 3 is 2.19 bits per heavy atom. The summed E-state index contributed by atoms with van der Waals surface area (Å²) in [6.07, 6.45) is 2.31. The van der Waals surface area contributed by atoms with E-state index in [4.69, 9.17) is 0 Å². The molecule has 162 valence electrons. The third-order valence-electron chi connectivity index (χ3n) is 5.56. The van der Waals surface area contributed by atoms with Crippen molar-refractivity contribution < 1.29 is 18.8 Å². The molecule has 1 saturated heterocycles. The van der Waals surface area contributed by atoms with E-state index < -0.39 is 17.8 Å². The molecule has 0 unspecified atom stereocenters. The summed E-state index contributed by atoms with van der Waals surface area (Å²) in [5.41, 5.74) is 4.37. The molecule has 1 fully saturated rings. The topological polar surface area (TPSA) is 71.4 Å². The van der Waals surface area contributed by atoms with Gasteiger partial charge in [0.15, 0.2) is 0 Å². The van der Waals surface area contributed by atoms with Crippen LogP contribution in [0.3, 0.4) is 0 Å². The predicted molar refractivity (Wildman–Crippen MR) is 120 cm³/mol. The first-order valence-corrected chi connectivity index (χ1v) is 10.3. The number of nitrogens with zero attached hydrogens (tertiary/aromatic N) is 2. The Labute approximate surface area is 185 Å². The van der Waals surface area contributed by atoms with Crippen molar-refractivity contribution in [2.45, 2.75) is 27.2 Å². The van der Waals surface area contributed by atoms with Crippen molar-refractivity contribution in [3.05, 3.63) is 88.5 Å². The molecule has 4 amide bonds. The number of carbonyl (C=O) groups excluding carboxylic acids is 3. The minimum Gasteiger partial charge on any atom is -0.318 e. The second kappa shape index (κ2) is 8.26. The van der Waals surface area contributed by atoms with E-state index in [0.29, 0.717) is 11.3 Å². The van der Waals surface area contributed by atoms with Gasteiger partial charge in [0.2, 0.25) is 0 Å². The largest absolute Gasteiger partial charge is 0.335 e. The van der Waals surface area contributed by atoms with Crippen LogP contribution in [0.2, 0.25) is 0 Å². The number of aromatic nitrogens is 1. The van der Waals surface area contributed by atoms with E-state index in [2.05, 4.69) is 5.32 Å². The van der Waals surface area contributed by atoms with E-state index in [1.165, 1.54) is 18.2 Å².